The second kappa shape index (κ2) is 9.08. The highest BCUT2D eigenvalue weighted by molar-refractivity contribution is 7.17. The van der Waals surface area contributed by atoms with E-state index in [4.69, 9.17) is 14.2 Å². The van der Waals surface area contributed by atoms with Gasteiger partial charge in [-0.1, -0.05) is 13.3 Å². The Bertz CT molecular complexity index is 951. The summed E-state index contributed by atoms with van der Waals surface area (Å²) in [4.78, 5) is 26.9. The van der Waals surface area contributed by atoms with Gasteiger partial charge in [-0.3, -0.25) is 4.79 Å². The van der Waals surface area contributed by atoms with Crippen LogP contribution in [0.4, 0.5) is 5.00 Å². The van der Waals surface area contributed by atoms with Gasteiger partial charge in [0, 0.05) is 16.9 Å². The molecule has 0 saturated heterocycles. The highest BCUT2D eigenvalue weighted by Crippen LogP contribution is 2.41. The van der Waals surface area contributed by atoms with E-state index in [0.717, 1.165) is 37.7 Å². The van der Waals surface area contributed by atoms with Crippen LogP contribution in [0.5, 0.6) is 11.5 Å². The summed E-state index contributed by atoms with van der Waals surface area (Å²) in [6, 6.07) is 5.17. The lowest BCUT2D eigenvalue weighted by atomic mass is 9.85. The fourth-order valence-electron chi connectivity index (χ4n) is 3.99. The maximum Gasteiger partial charge on any atom is 0.341 e. The van der Waals surface area contributed by atoms with Crippen LogP contribution in [0.25, 0.3) is 0 Å². The minimum absolute atomic E-state index is 0.276. The maximum atomic E-state index is 13.0. The van der Waals surface area contributed by atoms with E-state index in [2.05, 4.69) is 12.2 Å². The molecular formula is C23H27NO5S. The molecule has 7 heteroatoms. The normalized spacial score (nSPS) is 17.6. The number of amides is 1. The van der Waals surface area contributed by atoms with Crippen molar-refractivity contribution >= 4 is 28.2 Å². The zero-order chi connectivity index (χ0) is 21.1. The van der Waals surface area contributed by atoms with Crippen molar-refractivity contribution in [3.05, 3.63) is 39.8 Å². The second-order valence-electron chi connectivity index (χ2n) is 7.61. The molecule has 1 aliphatic carbocycles. The molecule has 1 aromatic carbocycles. The number of carbonyl (C=O) groups excluding carboxylic acids is 2. The third-order valence-corrected chi connectivity index (χ3v) is 6.83. The highest BCUT2D eigenvalue weighted by atomic mass is 32.1. The fraction of sp³-hybridized carbons (Fsp3) is 0.478. The monoisotopic (exact) mass is 429 g/mol. The number of thiophene rings is 1. The zero-order valence-corrected chi connectivity index (χ0v) is 18.2. The number of esters is 1. The first-order chi connectivity index (χ1) is 14.6. The number of anilines is 1. The van der Waals surface area contributed by atoms with E-state index in [0.29, 0.717) is 53.4 Å². The van der Waals surface area contributed by atoms with Crippen molar-refractivity contribution in [1.29, 1.82) is 0 Å². The molecule has 0 bridgehead atoms. The Kier molecular flexibility index (Phi) is 6.27. The molecule has 30 heavy (non-hydrogen) atoms. The van der Waals surface area contributed by atoms with Gasteiger partial charge in [0.2, 0.25) is 0 Å². The molecule has 6 nitrogen and oxygen atoms in total. The van der Waals surface area contributed by atoms with Gasteiger partial charge < -0.3 is 19.5 Å². The van der Waals surface area contributed by atoms with Crippen molar-refractivity contribution < 1.29 is 23.8 Å². The first kappa shape index (κ1) is 20.7. The van der Waals surface area contributed by atoms with Gasteiger partial charge >= 0.3 is 5.97 Å². The van der Waals surface area contributed by atoms with Crippen molar-refractivity contribution in [3.63, 3.8) is 0 Å². The molecule has 2 aliphatic rings. The Balaban J connectivity index is 1.62. The number of nitrogens with one attached hydrogen (secondary N) is 1. The lowest BCUT2D eigenvalue weighted by molar-refractivity contribution is 0.0526. The van der Waals surface area contributed by atoms with Crippen LogP contribution < -0.4 is 14.8 Å². The molecule has 160 valence electrons. The second-order valence-corrected chi connectivity index (χ2v) is 8.72. The number of fused-ring (bicyclic) bond motifs is 2. The van der Waals surface area contributed by atoms with Gasteiger partial charge in [-0.25, -0.2) is 4.79 Å². The largest absolute Gasteiger partial charge is 0.490 e. The van der Waals surface area contributed by atoms with Crippen LogP contribution in [0.3, 0.4) is 0 Å². The molecule has 1 atom stereocenters. The molecule has 0 fully saturated rings. The Morgan fingerprint density at radius 1 is 1.20 bits per heavy atom. The van der Waals surface area contributed by atoms with Crippen LogP contribution in [-0.2, 0) is 17.6 Å². The number of hydrogen-bond acceptors (Lipinski definition) is 6. The summed E-state index contributed by atoms with van der Waals surface area (Å²) in [5, 5.41) is 3.54. The summed E-state index contributed by atoms with van der Waals surface area (Å²) >= 11 is 1.50. The van der Waals surface area contributed by atoms with Crippen LogP contribution in [0.2, 0.25) is 0 Å². The lowest BCUT2D eigenvalue weighted by Crippen LogP contribution is -2.17. The number of ether oxygens (including phenoxy) is 3. The maximum absolute atomic E-state index is 13.0. The van der Waals surface area contributed by atoms with Crippen molar-refractivity contribution in [2.45, 2.75) is 46.0 Å². The van der Waals surface area contributed by atoms with Gasteiger partial charge in [-0.05, 0) is 55.9 Å². The van der Waals surface area contributed by atoms with Gasteiger partial charge in [-0.15, -0.1) is 11.3 Å². The summed E-state index contributed by atoms with van der Waals surface area (Å²) in [6.45, 7) is 5.45. The molecule has 1 aliphatic heterocycles. The molecule has 2 aromatic rings. The SMILES string of the molecule is CCOC(=O)c1c(NC(=O)c2ccc3c(c2)OCCCO3)sc2c1CCC(CC)C2. The summed E-state index contributed by atoms with van der Waals surface area (Å²) in [6.07, 6.45) is 4.77. The molecule has 1 unspecified atom stereocenters. The third kappa shape index (κ3) is 4.17. The molecule has 1 aromatic heterocycles. The predicted molar refractivity (Wildman–Crippen MR) is 116 cm³/mol. The van der Waals surface area contributed by atoms with Gasteiger partial charge in [0.05, 0.1) is 25.4 Å². The minimum atomic E-state index is -0.362. The Labute approximate surface area is 180 Å². The quantitative estimate of drug-likeness (QED) is 0.688. The van der Waals surface area contributed by atoms with Crippen molar-refractivity contribution in [2.75, 3.05) is 25.1 Å². The summed E-state index contributed by atoms with van der Waals surface area (Å²) in [7, 11) is 0. The van der Waals surface area contributed by atoms with Crippen LogP contribution in [0.1, 0.15) is 64.3 Å². The Morgan fingerprint density at radius 2 is 2.00 bits per heavy atom. The van der Waals surface area contributed by atoms with Crippen LogP contribution in [-0.4, -0.2) is 31.7 Å². The Hall–Kier alpha value is -2.54. The van der Waals surface area contributed by atoms with Gasteiger partial charge in [0.25, 0.3) is 5.91 Å². The van der Waals surface area contributed by atoms with Crippen LogP contribution >= 0.6 is 11.3 Å². The standard InChI is InChI=1S/C23H27NO5S/c1-3-14-6-8-16-19(12-14)30-22(20(16)23(26)27-4-2)24-21(25)15-7-9-17-18(13-15)29-11-5-10-28-17/h7,9,13-14H,3-6,8,10-12H2,1-2H3,(H,24,25). The van der Waals surface area contributed by atoms with Gasteiger partial charge in [0.1, 0.15) is 5.00 Å². The molecule has 0 saturated carbocycles. The summed E-state index contributed by atoms with van der Waals surface area (Å²) in [5.74, 6) is 1.20. The molecule has 0 spiro atoms. The average molecular weight is 430 g/mol. The molecule has 1 N–H and O–H groups in total. The lowest BCUT2D eigenvalue weighted by Gasteiger charge is -2.20. The topological polar surface area (TPSA) is 73.9 Å². The van der Waals surface area contributed by atoms with E-state index < -0.39 is 0 Å². The molecule has 0 radical (unpaired) electrons. The smallest absolute Gasteiger partial charge is 0.341 e. The van der Waals surface area contributed by atoms with Gasteiger partial charge in [0.15, 0.2) is 11.5 Å². The number of rotatable bonds is 5. The molecule has 2 heterocycles. The molecule has 1 amide bonds. The summed E-state index contributed by atoms with van der Waals surface area (Å²) < 4.78 is 16.6. The van der Waals surface area contributed by atoms with Crippen LogP contribution in [0.15, 0.2) is 18.2 Å². The predicted octanol–water partition coefficient (Wildman–Crippen LogP) is 4.85. The van der Waals surface area contributed by atoms with E-state index in [1.807, 2.05) is 0 Å². The average Bonchev–Trinajstić information content (AvgIpc) is 2.93. The zero-order valence-electron chi connectivity index (χ0n) is 17.4. The first-order valence-corrected chi connectivity index (χ1v) is 11.4. The minimum Gasteiger partial charge on any atom is -0.490 e. The molecular weight excluding hydrogens is 402 g/mol. The van der Waals surface area contributed by atoms with E-state index in [1.165, 1.54) is 16.2 Å². The fourth-order valence-corrected chi connectivity index (χ4v) is 5.33. The van der Waals surface area contributed by atoms with Gasteiger partial charge in [-0.2, -0.15) is 0 Å². The van der Waals surface area contributed by atoms with Crippen molar-refractivity contribution in [2.24, 2.45) is 5.92 Å². The van der Waals surface area contributed by atoms with Crippen molar-refractivity contribution in [3.8, 4) is 11.5 Å². The van der Waals surface area contributed by atoms with Crippen LogP contribution in [0, 0.1) is 5.92 Å². The van der Waals surface area contributed by atoms with E-state index >= 15 is 0 Å². The number of benzene rings is 1. The third-order valence-electron chi connectivity index (χ3n) is 5.66. The Morgan fingerprint density at radius 3 is 2.77 bits per heavy atom. The molecule has 4 rings (SSSR count). The number of carbonyl (C=O) groups is 2. The van der Waals surface area contributed by atoms with E-state index in [9.17, 15) is 9.59 Å². The summed E-state index contributed by atoms with van der Waals surface area (Å²) in [5.41, 5.74) is 2.03. The van der Waals surface area contributed by atoms with E-state index in [-0.39, 0.29) is 11.9 Å². The van der Waals surface area contributed by atoms with E-state index in [1.54, 1.807) is 25.1 Å². The van der Waals surface area contributed by atoms with Crippen molar-refractivity contribution in [1.82, 2.24) is 0 Å². The number of hydrogen-bond donors (Lipinski definition) is 1. The first-order valence-electron chi connectivity index (χ1n) is 10.6. The highest BCUT2D eigenvalue weighted by Gasteiger charge is 2.30.